The van der Waals surface area contributed by atoms with E-state index < -0.39 is 6.09 Å². The van der Waals surface area contributed by atoms with E-state index in [-0.39, 0.29) is 63.4 Å². The van der Waals surface area contributed by atoms with Crippen LogP contribution in [0.1, 0.15) is 220 Å². The monoisotopic (exact) mass is 903 g/mol. The van der Waals surface area contributed by atoms with E-state index in [0.717, 1.165) is 83.8 Å². The number of allylic oxidation sites excluding steroid dienone is 6. The predicted molar refractivity (Wildman–Crippen MR) is 264 cm³/mol. The number of nitrogens with one attached hydrogen (secondary N) is 1. The lowest BCUT2D eigenvalue weighted by molar-refractivity contribution is -0.150. The Labute approximate surface area is 392 Å². The van der Waals surface area contributed by atoms with Crippen molar-refractivity contribution in [1.29, 1.82) is 0 Å². The number of hydrogen-bond acceptors (Lipinski definition) is 9. The molecule has 10 nitrogen and oxygen atoms in total. The van der Waals surface area contributed by atoms with Gasteiger partial charge in [-0.05, 0) is 103 Å². The van der Waals surface area contributed by atoms with Crippen LogP contribution in [-0.4, -0.2) is 88.4 Å². The van der Waals surface area contributed by atoms with Gasteiger partial charge in [-0.2, -0.15) is 0 Å². The fourth-order valence-electron chi connectivity index (χ4n) is 7.91. The van der Waals surface area contributed by atoms with Crippen LogP contribution >= 0.6 is 0 Å². The second kappa shape index (κ2) is 46.8. The Kier molecular flexibility index (Phi) is 43.4. The Hall–Kier alpha value is -2.69. The first-order valence-electron chi connectivity index (χ1n) is 26.5. The van der Waals surface area contributed by atoms with Crippen LogP contribution in [0.5, 0.6) is 0 Å². The molecule has 1 amide bonds. The zero-order chi connectivity index (χ0) is 46.2. The van der Waals surface area contributed by atoms with E-state index in [1.165, 1.54) is 116 Å². The van der Waals surface area contributed by atoms with E-state index in [9.17, 15) is 14.4 Å². The van der Waals surface area contributed by atoms with Crippen molar-refractivity contribution in [2.45, 2.75) is 226 Å². The minimum Gasteiger partial charge on any atom is -0.465 e. The molecule has 1 aliphatic heterocycles. The van der Waals surface area contributed by atoms with Gasteiger partial charge in [-0.3, -0.25) is 9.59 Å². The van der Waals surface area contributed by atoms with Crippen molar-refractivity contribution in [2.24, 2.45) is 5.92 Å². The molecule has 1 unspecified atom stereocenters. The second-order valence-corrected chi connectivity index (χ2v) is 18.0. The average Bonchev–Trinajstić information content (AvgIpc) is 3.57. The summed E-state index contributed by atoms with van der Waals surface area (Å²) in [6.45, 7) is 11.1. The number of unbranched alkanes of at least 4 members (excludes halogenated alkanes) is 17. The molecule has 0 radical (unpaired) electrons. The van der Waals surface area contributed by atoms with Gasteiger partial charge in [0.25, 0.3) is 0 Å². The van der Waals surface area contributed by atoms with Gasteiger partial charge in [-0.15, -0.1) is 0 Å². The van der Waals surface area contributed by atoms with Crippen molar-refractivity contribution in [2.75, 3.05) is 59.4 Å². The Balaban J connectivity index is 2.41. The molecule has 1 saturated heterocycles. The quantitative estimate of drug-likeness (QED) is 0.0210. The minimum atomic E-state index is -0.484. The summed E-state index contributed by atoms with van der Waals surface area (Å²) in [6.07, 6.45) is 46.4. The SMILES string of the molecule is C/C=C/CC/C=C\C/C=C\CCCCCCCCOCOCC(COC(=O)CCCC(=O)OC(CCCCCCCC)CCCCCCCC)COC(=O)NCCN1CCCCCC1. The van der Waals surface area contributed by atoms with E-state index in [1.54, 1.807) is 0 Å². The summed E-state index contributed by atoms with van der Waals surface area (Å²) in [5, 5.41) is 2.87. The summed E-state index contributed by atoms with van der Waals surface area (Å²) in [7, 11) is 0. The second-order valence-electron chi connectivity index (χ2n) is 18.0. The third kappa shape index (κ3) is 40.8. The van der Waals surface area contributed by atoms with Crippen LogP contribution < -0.4 is 5.32 Å². The third-order valence-electron chi connectivity index (χ3n) is 11.9. The number of carbonyl (C=O) groups is 3. The molecule has 1 heterocycles. The van der Waals surface area contributed by atoms with Crippen molar-refractivity contribution in [3.8, 4) is 0 Å². The molecule has 1 atom stereocenters. The van der Waals surface area contributed by atoms with Crippen molar-refractivity contribution in [1.82, 2.24) is 10.2 Å². The van der Waals surface area contributed by atoms with Crippen molar-refractivity contribution >= 4 is 18.0 Å². The molecule has 1 rings (SSSR count). The number of ether oxygens (including phenoxy) is 5. The molecule has 0 aromatic carbocycles. The van der Waals surface area contributed by atoms with E-state index in [2.05, 4.69) is 67.4 Å². The molecule has 10 heteroatoms. The highest BCUT2D eigenvalue weighted by Crippen LogP contribution is 2.18. The number of hydrogen-bond donors (Lipinski definition) is 1. The predicted octanol–water partition coefficient (Wildman–Crippen LogP) is 13.9. The maximum atomic E-state index is 12.9. The molecule has 372 valence electrons. The Bertz CT molecular complexity index is 1140. The standard InChI is InChI=1S/C54H98N2O8/c1-4-7-10-13-16-17-18-19-20-21-22-23-24-25-30-35-45-60-49-61-46-50(48-63-54(59)55-41-44-56-42-33-28-29-34-43-56)47-62-52(57)39-36-40-53(58)64-51(37-31-26-14-11-8-5-2)38-32-27-15-12-9-6-3/h4,7,16-17,19-20,50-51H,5-6,8-15,18,21-49H2,1-3H3,(H,55,59)/b7-4+,17-16-,20-19-. The zero-order valence-corrected chi connectivity index (χ0v) is 41.6. The van der Waals surface area contributed by atoms with Crippen LogP contribution in [0.25, 0.3) is 0 Å². The number of alkyl carbamates (subject to hydrolysis) is 1. The average molecular weight is 903 g/mol. The summed E-state index contributed by atoms with van der Waals surface area (Å²) in [5.74, 6) is -0.967. The molecule has 0 spiro atoms. The number of carbonyl (C=O) groups excluding carboxylic acids is 3. The molecule has 0 bridgehead atoms. The maximum absolute atomic E-state index is 12.9. The van der Waals surface area contributed by atoms with Gasteiger partial charge >= 0.3 is 18.0 Å². The minimum absolute atomic E-state index is 0.0441. The lowest BCUT2D eigenvalue weighted by atomic mass is 10.0. The first kappa shape index (κ1) is 59.3. The number of likely N-dealkylation sites (tertiary alicyclic amines) is 1. The lowest BCUT2D eigenvalue weighted by Gasteiger charge is -2.20. The van der Waals surface area contributed by atoms with E-state index >= 15 is 0 Å². The number of rotatable bonds is 44. The first-order chi connectivity index (χ1) is 31.5. The van der Waals surface area contributed by atoms with Crippen molar-refractivity contribution in [3.05, 3.63) is 36.5 Å². The number of amides is 1. The summed E-state index contributed by atoms with van der Waals surface area (Å²) >= 11 is 0. The molecule has 0 aliphatic carbocycles. The molecule has 0 aromatic heterocycles. The van der Waals surface area contributed by atoms with Gasteiger partial charge in [0.05, 0.1) is 19.1 Å². The normalized spacial score (nSPS) is 14.2. The molecule has 0 saturated carbocycles. The molecule has 0 aromatic rings. The van der Waals surface area contributed by atoms with Gasteiger partial charge in [-0.25, -0.2) is 4.79 Å². The van der Waals surface area contributed by atoms with E-state index in [0.29, 0.717) is 19.6 Å². The highest BCUT2D eigenvalue weighted by atomic mass is 16.7. The van der Waals surface area contributed by atoms with Crippen molar-refractivity contribution < 1.29 is 38.1 Å². The van der Waals surface area contributed by atoms with Crippen LogP contribution in [0.3, 0.4) is 0 Å². The van der Waals surface area contributed by atoms with Gasteiger partial charge < -0.3 is 33.9 Å². The van der Waals surface area contributed by atoms with E-state index in [4.69, 9.17) is 23.7 Å². The molecular formula is C54H98N2O8. The van der Waals surface area contributed by atoms with Crippen LogP contribution in [0.2, 0.25) is 0 Å². The zero-order valence-electron chi connectivity index (χ0n) is 41.6. The Morgan fingerprint density at radius 1 is 0.578 bits per heavy atom. The van der Waals surface area contributed by atoms with Crippen LogP contribution in [-0.2, 0) is 33.3 Å². The van der Waals surface area contributed by atoms with Crippen LogP contribution in [0.15, 0.2) is 36.5 Å². The van der Waals surface area contributed by atoms with Crippen LogP contribution in [0, 0.1) is 5.92 Å². The molecule has 64 heavy (non-hydrogen) atoms. The number of esters is 2. The molecule has 1 fully saturated rings. The number of nitrogens with zero attached hydrogens (tertiary/aromatic N) is 1. The summed E-state index contributed by atoms with van der Waals surface area (Å²) < 4.78 is 28.7. The van der Waals surface area contributed by atoms with Gasteiger partial charge in [0.15, 0.2) is 0 Å². The largest absolute Gasteiger partial charge is 0.465 e. The molecular weight excluding hydrogens is 805 g/mol. The molecule has 1 aliphatic rings. The fraction of sp³-hybridized carbons (Fsp3) is 0.833. The summed E-state index contributed by atoms with van der Waals surface area (Å²) in [5.41, 5.74) is 0. The summed E-state index contributed by atoms with van der Waals surface area (Å²) in [6, 6.07) is 0. The van der Waals surface area contributed by atoms with E-state index in [1.807, 2.05) is 0 Å². The van der Waals surface area contributed by atoms with Gasteiger partial charge in [0.1, 0.15) is 19.5 Å². The highest BCUT2D eigenvalue weighted by molar-refractivity contribution is 5.72. The van der Waals surface area contributed by atoms with Crippen LogP contribution in [0.4, 0.5) is 4.79 Å². The Morgan fingerprint density at radius 3 is 1.83 bits per heavy atom. The highest BCUT2D eigenvalue weighted by Gasteiger charge is 2.18. The topological polar surface area (TPSA) is 113 Å². The summed E-state index contributed by atoms with van der Waals surface area (Å²) in [4.78, 5) is 40.6. The maximum Gasteiger partial charge on any atom is 0.407 e. The Morgan fingerprint density at radius 2 is 1.16 bits per heavy atom. The van der Waals surface area contributed by atoms with Gasteiger partial charge in [0, 0.05) is 32.5 Å². The lowest BCUT2D eigenvalue weighted by Crippen LogP contribution is -2.36. The third-order valence-corrected chi connectivity index (χ3v) is 11.9. The van der Waals surface area contributed by atoms with Gasteiger partial charge in [-0.1, -0.05) is 153 Å². The van der Waals surface area contributed by atoms with Crippen molar-refractivity contribution in [3.63, 3.8) is 0 Å². The van der Waals surface area contributed by atoms with Gasteiger partial charge in [0.2, 0.25) is 0 Å². The molecule has 1 N–H and O–H groups in total. The first-order valence-corrected chi connectivity index (χ1v) is 26.5. The smallest absolute Gasteiger partial charge is 0.407 e. The fourth-order valence-corrected chi connectivity index (χ4v) is 7.91.